The van der Waals surface area contributed by atoms with Crippen molar-refractivity contribution >= 4 is 40.6 Å². The Morgan fingerprint density at radius 2 is 1.66 bits per heavy atom. The molecule has 0 saturated heterocycles. The number of hydrogen-bond donors (Lipinski definition) is 4. The molecule has 0 radical (unpaired) electrons. The maximum absolute atomic E-state index is 13.7. The largest absolute Gasteiger partial charge is 0.359 e. The molecule has 0 saturated carbocycles. The van der Waals surface area contributed by atoms with Gasteiger partial charge in [-0.25, -0.2) is 4.98 Å². The quantitative estimate of drug-likeness (QED) is 0.229. The van der Waals surface area contributed by atoms with Gasteiger partial charge in [0.05, 0.1) is 17.6 Å². The standard InChI is InChI=1S/C36H44N8O6/c1-22(2)18-28-35(48)41-29(19-25-10-6-5-7-11-25)34(47)37-15-17-43(21-26-20-30(42-50-26)36(49)38-23(3)33(46)40-28)32(45)14-16-44-24(4)39-27-12-8-9-13-31(27)44/h5-13,20,22-23,28-29H,14-19,21H2,1-4H3,(H,37,47)(H,38,49)(H,40,46)(H,41,48)/t23-,28-,29-/m1/s1. The molecule has 1 aliphatic heterocycles. The van der Waals surface area contributed by atoms with E-state index in [-0.39, 0.29) is 55.8 Å². The minimum absolute atomic E-state index is 0.0181. The lowest BCUT2D eigenvalue weighted by Crippen LogP contribution is -2.57. The first kappa shape index (κ1) is 35.8. The van der Waals surface area contributed by atoms with Crippen LogP contribution in [0.4, 0.5) is 0 Å². The van der Waals surface area contributed by atoms with Gasteiger partial charge in [-0.3, -0.25) is 24.0 Å². The smallest absolute Gasteiger partial charge is 0.274 e. The summed E-state index contributed by atoms with van der Waals surface area (Å²) in [5.41, 5.74) is 2.52. The molecule has 3 heterocycles. The van der Waals surface area contributed by atoms with E-state index in [2.05, 4.69) is 31.4 Å². The van der Waals surface area contributed by atoms with Crippen molar-refractivity contribution in [1.82, 2.24) is 40.9 Å². The highest BCUT2D eigenvalue weighted by Gasteiger charge is 2.30. The minimum atomic E-state index is -1.02. The number of hydrogen-bond acceptors (Lipinski definition) is 8. The first-order chi connectivity index (χ1) is 24.0. The molecule has 4 aromatic rings. The van der Waals surface area contributed by atoms with Gasteiger partial charge in [-0.2, -0.15) is 0 Å². The van der Waals surface area contributed by atoms with E-state index in [0.29, 0.717) is 13.0 Å². The zero-order chi connectivity index (χ0) is 35.8. The highest BCUT2D eigenvalue weighted by atomic mass is 16.5. The van der Waals surface area contributed by atoms with E-state index in [1.165, 1.54) is 17.9 Å². The summed E-state index contributed by atoms with van der Waals surface area (Å²) >= 11 is 0. The van der Waals surface area contributed by atoms with E-state index < -0.39 is 41.8 Å². The highest BCUT2D eigenvalue weighted by Crippen LogP contribution is 2.17. The fraction of sp³-hybridized carbons (Fsp3) is 0.417. The first-order valence-electron chi connectivity index (χ1n) is 16.9. The maximum atomic E-state index is 13.7. The number of nitrogens with one attached hydrogen (secondary N) is 4. The summed E-state index contributed by atoms with van der Waals surface area (Å²) in [5, 5.41) is 14.9. The molecule has 4 N–H and O–H groups in total. The zero-order valence-electron chi connectivity index (χ0n) is 28.8. The zero-order valence-corrected chi connectivity index (χ0v) is 28.8. The van der Waals surface area contributed by atoms with E-state index in [9.17, 15) is 24.0 Å². The molecule has 1 aliphatic rings. The molecular formula is C36H44N8O6. The van der Waals surface area contributed by atoms with E-state index >= 15 is 0 Å². The van der Waals surface area contributed by atoms with Crippen molar-refractivity contribution in [3.63, 3.8) is 0 Å². The predicted octanol–water partition coefficient (Wildman–Crippen LogP) is 2.26. The molecular weight excluding hydrogens is 640 g/mol. The number of aryl methyl sites for hydroxylation is 2. The lowest BCUT2D eigenvalue weighted by atomic mass is 10.0. The third-order valence-corrected chi connectivity index (χ3v) is 8.56. The summed E-state index contributed by atoms with van der Waals surface area (Å²) < 4.78 is 7.42. The van der Waals surface area contributed by atoms with Crippen LogP contribution in [0.3, 0.4) is 0 Å². The summed E-state index contributed by atoms with van der Waals surface area (Å²) in [6.07, 6.45) is 0.637. The van der Waals surface area contributed by atoms with E-state index in [0.717, 1.165) is 22.4 Å². The van der Waals surface area contributed by atoms with Crippen LogP contribution >= 0.6 is 0 Å². The van der Waals surface area contributed by atoms with E-state index in [1.807, 2.05) is 79.9 Å². The van der Waals surface area contributed by atoms with Crippen LogP contribution in [0, 0.1) is 12.8 Å². The molecule has 14 nitrogen and oxygen atoms in total. The third kappa shape index (κ3) is 9.12. The van der Waals surface area contributed by atoms with Crippen LogP contribution in [0.5, 0.6) is 0 Å². The molecule has 5 rings (SSSR count). The van der Waals surface area contributed by atoms with Gasteiger partial charge in [0.1, 0.15) is 23.9 Å². The second-order valence-corrected chi connectivity index (χ2v) is 13.0. The number of carbonyl (C=O) groups is 5. The molecule has 50 heavy (non-hydrogen) atoms. The van der Waals surface area contributed by atoms with Gasteiger partial charge in [0.15, 0.2) is 11.5 Å². The van der Waals surface area contributed by atoms with Crippen LogP contribution in [0.2, 0.25) is 0 Å². The van der Waals surface area contributed by atoms with Crippen molar-refractivity contribution in [3.8, 4) is 0 Å². The van der Waals surface area contributed by atoms with Gasteiger partial charge in [0, 0.05) is 38.5 Å². The average molecular weight is 685 g/mol. The number of fused-ring (bicyclic) bond motifs is 3. The van der Waals surface area contributed by atoms with E-state index in [1.54, 1.807) is 0 Å². The van der Waals surface area contributed by atoms with Crippen LogP contribution in [-0.2, 0) is 38.7 Å². The third-order valence-electron chi connectivity index (χ3n) is 8.56. The molecule has 2 bridgehead atoms. The van der Waals surface area contributed by atoms with Crippen molar-refractivity contribution in [2.24, 2.45) is 5.92 Å². The Morgan fingerprint density at radius 1 is 0.940 bits per heavy atom. The number of rotatable bonds is 7. The van der Waals surface area contributed by atoms with Gasteiger partial charge in [-0.05, 0) is 43.9 Å². The fourth-order valence-electron chi connectivity index (χ4n) is 5.92. The molecule has 2 aromatic heterocycles. The number of imidazole rings is 1. The SMILES string of the molecule is Cc1nc2ccccc2n1CCC(=O)N1CCNC(=O)[C@@H](Cc2ccccc2)NC(=O)[C@@H](CC(C)C)NC(=O)[C@@H](C)NC(=O)c2cc(on2)C1. The van der Waals surface area contributed by atoms with Crippen molar-refractivity contribution in [1.29, 1.82) is 0 Å². The molecule has 0 spiro atoms. The molecule has 2 aromatic carbocycles. The summed E-state index contributed by atoms with van der Waals surface area (Å²) in [6.45, 7) is 7.76. The van der Waals surface area contributed by atoms with Crippen LogP contribution in [0.1, 0.15) is 61.2 Å². The minimum Gasteiger partial charge on any atom is -0.359 e. The molecule has 264 valence electrons. The fourth-order valence-corrected chi connectivity index (χ4v) is 5.92. The summed E-state index contributed by atoms with van der Waals surface area (Å²) in [4.78, 5) is 73.3. The van der Waals surface area contributed by atoms with Crippen LogP contribution in [0.25, 0.3) is 11.0 Å². The lowest BCUT2D eigenvalue weighted by Gasteiger charge is -2.26. The molecule has 5 amide bonds. The monoisotopic (exact) mass is 684 g/mol. The van der Waals surface area contributed by atoms with Crippen molar-refractivity contribution in [2.45, 2.75) is 78.2 Å². The van der Waals surface area contributed by atoms with Crippen LogP contribution < -0.4 is 21.3 Å². The lowest BCUT2D eigenvalue weighted by molar-refractivity contribution is -0.133. The van der Waals surface area contributed by atoms with Crippen LogP contribution in [-0.4, -0.2) is 80.4 Å². The number of para-hydroxylation sites is 2. The van der Waals surface area contributed by atoms with E-state index in [4.69, 9.17) is 4.52 Å². The molecule has 0 fully saturated rings. The Kier molecular flexibility index (Phi) is 11.6. The van der Waals surface area contributed by atoms with Crippen molar-refractivity contribution in [2.75, 3.05) is 13.1 Å². The second kappa shape index (κ2) is 16.2. The highest BCUT2D eigenvalue weighted by molar-refractivity contribution is 5.97. The van der Waals surface area contributed by atoms with Gasteiger partial charge < -0.3 is 35.3 Å². The second-order valence-electron chi connectivity index (χ2n) is 13.0. The Hall–Kier alpha value is -5.53. The molecule has 3 atom stereocenters. The Morgan fingerprint density at radius 3 is 2.42 bits per heavy atom. The summed E-state index contributed by atoms with van der Waals surface area (Å²) in [6, 6.07) is 15.4. The van der Waals surface area contributed by atoms with Crippen molar-refractivity contribution < 1.29 is 28.5 Å². The normalized spacial score (nSPS) is 19.7. The predicted molar refractivity (Wildman–Crippen MR) is 184 cm³/mol. The first-order valence-corrected chi connectivity index (χ1v) is 16.9. The Balaban J connectivity index is 1.40. The summed E-state index contributed by atoms with van der Waals surface area (Å²) in [5.74, 6) is -1.34. The van der Waals surface area contributed by atoms with Gasteiger partial charge >= 0.3 is 0 Å². The van der Waals surface area contributed by atoms with Gasteiger partial charge in [-0.15, -0.1) is 0 Å². The van der Waals surface area contributed by atoms with Crippen LogP contribution in [0.15, 0.2) is 65.2 Å². The topological polar surface area (TPSA) is 181 Å². The average Bonchev–Trinajstić information content (AvgIpc) is 3.69. The number of benzene rings is 2. The molecule has 14 heteroatoms. The van der Waals surface area contributed by atoms with Crippen molar-refractivity contribution in [3.05, 3.63) is 83.5 Å². The van der Waals surface area contributed by atoms with Gasteiger partial charge in [-0.1, -0.05) is 61.5 Å². The Labute approximate surface area is 290 Å². The number of amides is 5. The number of nitrogens with zero attached hydrogens (tertiary/aromatic N) is 4. The molecule has 0 unspecified atom stereocenters. The number of carbonyl (C=O) groups excluding carboxylic acids is 5. The summed E-state index contributed by atoms with van der Waals surface area (Å²) in [7, 11) is 0. The van der Waals surface area contributed by atoms with Gasteiger partial charge in [0.25, 0.3) is 5.91 Å². The Bertz CT molecular complexity index is 1830. The maximum Gasteiger partial charge on any atom is 0.274 e. The van der Waals surface area contributed by atoms with Gasteiger partial charge in [0.2, 0.25) is 23.6 Å². The molecule has 0 aliphatic carbocycles. The number of aromatic nitrogens is 3.